The average molecular weight is 236 g/mol. The first-order valence-corrected chi connectivity index (χ1v) is 6.15. The largest absolute Gasteiger partial charge is 0.479 e. The fourth-order valence-corrected chi connectivity index (χ4v) is 1.90. The van der Waals surface area contributed by atoms with Crippen LogP contribution in [0.4, 0.5) is 0 Å². The molecular weight excluding hydrogens is 216 g/mol. The zero-order chi connectivity index (χ0) is 12.7. The summed E-state index contributed by atoms with van der Waals surface area (Å²) in [5.41, 5.74) is 1.47. The summed E-state index contributed by atoms with van der Waals surface area (Å²) in [6.07, 6.45) is 3.99. The quantitative estimate of drug-likeness (QED) is 0.716. The number of unbranched alkanes of at least 4 members (excludes halogenated alkanes) is 3. The summed E-state index contributed by atoms with van der Waals surface area (Å²) >= 11 is 0. The van der Waals surface area contributed by atoms with E-state index in [-0.39, 0.29) is 0 Å². The number of benzene rings is 1. The molecule has 17 heavy (non-hydrogen) atoms. The van der Waals surface area contributed by atoms with Gasteiger partial charge in [0, 0.05) is 0 Å². The van der Waals surface area contributed by atoms with E-state index in [1.807, 2.05) is 12.1 Å². The van der Waals surface area contributed by atoms with Crippen molar-refractivity contribution in [2.45, 2.75) is 45.1 Å². The zero-order valence-electron chi connectivity index (χ0n) is 10.2. The summed E-state index contributed by atoms with van der Waals surface area (Å²) in [5, 5.41) is 18.4. The molecule has 1 rings (SSSR count). The van der Waals surface area contributed by atoms with Crippen molar-refractivity contribution in [1.82, 2.24) is 0 Å². The number of aliphatic hydroxyl groups excluding tert-OH is 1. The summed E-state index contributed by atoms with van der Waals surface area (Å²) in [4.78, 5) is 10.8. The van der Waals surface area contributed by atoms with Crippen LogP contribution in [0.1, 0.15) is 49.8 Å². The normalized spacial score (nSPS) is 12.4. The lowest BCUT2D eigenvalue weighted by Gasteiger charge is -2.12. The molecule has 1 atom stereocenters. The highest BCUT2D eigenvalue weighted by molar-refractivity contribution is 5.74. The molecule has 3 heteroatoms. The van der Waals surface area contributed by atoms with E-state index in [4.69, 9.17) is 5.11 Å². The van der Waals surface area contributed by atoms with Gasteiger partial charge in [0.1, 0.15) is 0 Å². The van der Waals surface area contributed by atoms with Crippen LogP contribution in [0.25, 0.3) is 0 Å². The molecule has 1 aromatic carbocycles. The van der Waals surface area contributed by atoms with Crippen LogP contribution < -0.4 is 0 Å². The molecule has 0 spiro atoms. The summed E-state index contributed by atoms with van der Waals surface area (Å²) < 4.78 is 0. The Morgan fingerprint density at radius 1 is 1.24 bits per heavy atom. The van der Waals surface area contributed by atoms with Crippen LogP contribution in [0.15, 0.2) is 24.3 Å². The van der Waals surface area contributed by atoms with Crippen molar-refractivity contribution in [2.75, 3.05) is 0 Å². The highest BCUT2D eigenvalue weighted by Crippen LogP contribution is 2.20. The number of hydrogen-bond acceptors (Lipinski definition) is 2. The van der Waals surface area contributed by atoms with Gasteiger partial charge in [0.25, 0.3) is 0 Å². The molecule has 1 unspecified atom stereocenters. The number of aliphatic carboxylic acids is 1. The van der Waals surface area contributed by atoms with Crippen LogP contribution >= 0.6 is 0 Å². The SMILES string of the molecule is CCCCCCc1ccccc1C(O)C(=O)O. The molecule has 0 amide bonds. The van der Waals surface area contributed by atoms with E-state index < -0.39 is 12.1 Å². The Morgan fingerprint density at radius 3 is 2.59 bits per heavy atom. The topological polar surface area (TPSA) is 57.5 Å². The van der Waals surface area contributed by atoms with E-state index in [1.165, 1.54) is 12.8 Å². The number of carbonyl (C=O) groups is 1. The highest BCUT2D eigenvalue weighted by Gasteiger charge is 2.18. The Kier molecular flexibility index (Phi) is 5.70. The third-order valence-electron chi connectivity index (χ3n) is 2.88. The molecule has 0 fully saturated rings. The molecule has 0 aliphatic rings. The third kappa shape index (κ3) is 4.19. The maximum atomic E-state index is 10.8. The van der Waals surface area contributed by atoms with Crippen molar-refractivity contribution in [3.8, 4) is 0 Å². The van der Waals surface area contributed by atoms with Crippen molar-refractivity contribution in [3.63, 3.8) is 0 Å². The molecule has 0 saturated heterocycles. The Balaban J connectivity index is 2.67. The smallest absolute Gasteiger partial charge is 0.337 e. The first-order chi connectivity index (χ1) is 8.16. The van der Waals surface area contributed by atoms with Gasteiger partial charge < -0.3 is 10.2 Å². The predicted octanol–water partition coefficient (Wildman–Crippen LogP) is 2.93. The van der Waals surface area contributed by atoms with Gasteiger partial charge >= 0.3 is 5.97 Å². The van der Waals surface area contributed by atoms with Gasteiger partial charge in [-0.25, -0.2) is 4.79 Å². The summed E-state index contributed by atoms with van der Waals surface area (Å²) in [7, 11) is 0. The maximum absolute atomic E-state index is 10.8. The second kappa shape index (κ2) is 7.07. The van der Waals surface area contributed by atoms with Crippen molar-refractivity contribution in [2.24, 2.45) is 0 Å². The van der Waals surface area contributed by atoms with Crippen LogP contribution in [0.5, 0.6) is 0 Å². The van der Waals surface area contributed by atoms with E-state index in [1.54, 1.807) is 12.1 Å². The standard InChI is InChI=1S/C14H20O3/c1-2-3-4-5-8-11-9-6-7-10-12(11)13(15)14(16)17/h6-7,9-10,13,15H,2-5,8H2,1H3,(H,16,17). The summed E-state index contributed by atoms with van der Waals surface area (Å²) in [6, 6.07) is 7.23. The van der Waals surface area contributed by atoms with Gasteiger partial charge in [-0.3, -0.25) is 0 Å². The predicted molar refractivity (Wildman–Crippen MR) is 66.9 cm³/mol. The van der Waals surface area contributed by atoms with E-state index in [0.29, 0.717) is 5.56 Å². The van der Waals surface area contributed by atoms with E-state index in [0.717, 1.165) is 24.8 Å². The molecule has 1 aromatic rings. The summed E-state index contributed by atoms with van der Waals surface area (Å²) in [5.74, 6) is -1.19. The van der Waals surface area contributed by atoms with Gasteiger partial charge in [0.2, 0.25) is 0 Å². The van der Waals surface area contributed by atoms with Gasteiger partial charge in [0.15, 0.2) is 6.10 Å². The monoisotopic (exact) mass is 236 g/mol. The van der Waals surface area contributed by atoms with Crippen molar-refractivity contribution < 1.29 is 15.0 Å². The fraction of sp³-hybridized carbons (Fsp3) is 0.500. The molecule has 0 bridgehead atoms. The maximum Gasteiger partial charge on any atom is 0.337 e. The second-order valence-corrected chi connectivity index (χ2v) is 4.25. The highest BCUT2D eigenvalue weighted by atomic mass is 16.4. The third-order valence-corrected chi connectivity index (χ3v) is 2.88. The zero-order valence-corrected chi connectivity index (χ0v) is 10.2. The van der Waals surface area contributed by atoms with Gasteiger partial charge in [-0.1, -0.05) is 50.5 Å². The Morgan fingerprint density at radius 2 is 1.94 bits per heavy atom. The average Bonchev–Trinajstić information content (AvgIpc) is 2.34. The van der Waals surface area contributed by atoms with Crippen LogP contribution in [0, 0.1) is 0 Å². The minimum atomic E-state index is -1.41. The van der Waals surface area contributed by atoms with Gasteiger partial charge in [-0.2, -0.15) is 0 Å². The minimum Gasteiger partial charge on any atom is -0.479 e. The second-order valence-electron chi connectivity index (χ2n) is 4.25. The molecule has 0 aliphatic carbocycles. The first kappa shape index (κ1) is 13.7. The molecule has 0 heterocycles. The number of aliphatic hydroxyl groups is 1. The molecule has 0 saturated carbocycles. The molecule has 0 radical (unpaired) electrons. The van der Waals surface area contributed by atoms with E-state index >= 15 is 0 Å². The van der Waals surface area contributed by atoms with E-state index in [9.17, 15) is 9.90 Å². The number of rotatable bonds is 7. The van der Waals surface area contributed by atoms with Crippen molar-refractivity contribution >= 4 is 5.97 Å². The van der Waals surface area contributed by atoms with Crippen LogP contribution in [-0.4, -0.2) is 16.2 Å². The van der Waals surface area contributed by atoms with Crippen molar-refractivity contribution in [1.29, 1.82) is 0 Å². The Hall–Kier alpha value is -1.35. The number of hydrogen-bond donors (Lipinski definition) is 2. The van der Waals surface area contributed by atoms with Crippen LogP contribution in [0.3, 0.4) is 0 Å². The molecular formula is C14H20O3. The van der Waals surface area contributed by atoms with Crippen LogP contribution in [-0.2, 0) is 11.2 Å². The fourth-order valence-electron chi connectivity index (χ4n) is 1.90. The van der Waals surface area contributed by atoms with E-state index in [2.05, 4.69) is 6.92 Å². The summed E-state index contributed by atoms with van der Waals surface area (Å²) in [6.45, 7) is 2.15. The molecule has 0 aromatic heterocycles. The first-order valence-electron chi connectivity index (χ1n) is 6.15. The molecule has 94 valence electrons. The Labute approximate surface area is 102 Å². The Bertz CT molecular complexity index is 360. The minimum absolute atomic E-state index is 0.525. The lowest BCUT2D eigenvalue weighted by molar-refractivity contribution is -0.147. The number of carboxylic acids is 1. The lowest BCUT2D eigenvalue weighted by Crippen LogP contribution is -2.12. The number of aryl methyl sites for hydroxylation is 1. The molecule has 3 nitrogen and oxygen atoms in total. The number of carboxylic acid groups (broad SMARTS) is 1. The van der Waals surface area contributed by atoms with Gasteiger partial charge in [-0.15, -0.1) is 0 Å². The molecule has 0 aliphatic heterocycles. The van der Waals surface area contributed by atoms with Gasteiger partial charge in [0.05, 0.1) is 0 Å². The van der Waals surface area contributed by atoms with Crippen LogP contribution in [0.2, 0.25) is 0 Å². The van der Waals surface area contributed by atoms with Gasteiger partial charge in [-0.05, 0) is 24.0 Å². The molecule has 2 N–H and O–H groups in total. The van der Waals surface area contributed by atoms with Crippen molar-refractivity contribution in [3.05, 3.63) is 35.4 Å². The lowest BCUT2D eigenvalue weighted by atomic mass is 9.97.